The van der Waals surface area contributed by atoms with E-state index in [1.54, 1.807) is 13.3 Å². The monoisotopic (exact) mass is 455 g/mol. The summed E-state index contributed by atoms with van der Waals surface area (Å²) in [6, 6.07) is 12.6. The number of carbonyl (C=O) groups excluding carboxylic acids is 1. The van der Waals surface area contributed by atoms with Crippen LogP contribution in [0, 0.1) is 5.41 Å². The minimum atomic E-state index is -0.382. The van der Waals surface area contributed by atoms with E-state index in [-0.39, 0.29) is 23.5 Å². The summed E-state index contributed by atoms with van der Waals surface area (Å²) in [4.78, 5) is 20.1. The average molecular weight is 456 g/mol. The third kappa shape index (κ3) is 5.51. The van der Waals surface area contributed by atoms with Gasteiger partial charge in [-0.2, -0.15) is 0 Å². The molecule has 6 heteroatoms. The molecule has 2 fully saturated rings. The van der Waals surface area contributed by atoms with E-state index in [1.165, 1.54) is 5.56 Å². The van der Waals surface area contributed by atoms with Gasteiger partial charge in [-0.1, -0.05) is 35.9 Å². The number of nitrogens with one attached hydrogen (secondary N) is 1. The first-order valence-corrected chi connectivity index (χ1v) is 12.1. The van der Waals surface area contributed by atoms with Gasteiger partial charge in [0, 0.05) is 19.3 Å². The molecule has 2 heterocycles. The van der Waals surface area contributed by atoms with Crippen molar-refractivity contribution >= 4 is 17.5 Å². The fourth-order valence-electron chi connectivity index (χ4n) is 5.19. The summed E-state index contributed by atoms with van der Waals surface area (Å²) >= 11 is 6.10. The maximum absolute atomic E-state index is 13.7. The Morgan fingerprint density at radius 3 is 2.56 bits per heavy atom. The zero-order chi connectivity index (χ0) is 22.6. The molecule has 0 unspecified atom stereocenters. The van der Waals surface area contributed by atoms with E-state index in [2.05, 4.69) is 46.5 Å². The minimum absolute atomic E-state index is 0.221. The maximum atomic E-state index is 13.7. The van der Waals surface area contributed by atoms with Crippen molar-refractivity contribution in [1.82, 2.24) is 15.2 Å². The number of carbonyl (C=O) groups is 1. The molecule has 4 rings (SSSR count). The smallest absolute Gasteiger partial charge is 0.226 e. The number of aromatic nitrogens is 1. The van der Waals surface area contributed by atoms with Gasteiger partial charge < -0.3 is 15.0 Å². The van der Waals surface area contributed by atoms with Crippen LogP contribution in [0.4, 0.5) is 0 Å². The third-order valence-corrected chi connectivity index (χ3v) is 7.49. The van der Waals surface area contributed by atoms with Crippen molar-refractivity contribution in [1.29, 1.82) is 0 Å². The highest BCUT2D eigenvalue weighted by atomic mass is 35.5. The van der Waals surface area contributed by atoms with Crippen molar-refractivity contribution in [2.45, 2.75) is 57.1 Å². The lowest BCUT2D eigenvalue weighted by molar-refractivity contribution is -0.135. The van der Waals surface area contributed by atoms with Gasteiger partial charge >= 0.3 is 0 Å². The fourth-order valence-corrected chi connectivity index (χ4v) is 5.36. The van der Waals surface area contributed by atoms with Crippen molar-refractivity contribution < 1.29 is 9.53 Å². The predicted octanol–water partition coefficient (Wildman–Crippen LogP) is 4.73. The first-order valence-electron chi connectivity index (χ1n) is 11.7. The first kappa shape index (κ1) is 23.2. The van der Waals surface area contributed by atoms with Gasteiger partial charge in [-0.15, -0.1) is 0 Å². The van der Waals surface area contributed by atoms with E-state index in [9.17, 15) is 4.79 Å². The molecule has 1 aromatic heterocycles. The van der Waals surface area contributed by atoms with Gasteiger partial charge in [0.1, 0.15) is 5.15 Å². The van der Waals surface area contributed by atoms with Crippen molar-refractivity contribution in [3.05, 3.63) is 53.3 Å². The van der Waals surface area contributed by atoms with E-state index in [0.717, 1.165) is 69.2 Å². The number of benzene rings is 1. The first-order chi connectivity index (χ1) is 15.5. The summed E-state index contributed by atoms with van der Waals surface area (Å²) in [5.41, 5.74) is 2.94. The number of rotatable bonds is 6. The molecule has 0 spiro atoms. The van der Waals surface area contributed by atoms with Crippen LogP contribution in [0.2, 0.25) is 5.15 Å². The molecule has 1 aliphatic carbocycles. The molecule has 32 heavy (non-hydrogen) atoms. The Morgan fingerprint density at radius 2 is 1.88 bits per heavy atom. The number of piperidine rings is 1. The molecule has 5 nitrogen and oxygen atoms in total. The lowest BCUT2D eigenvalue weighted by Gasteiger charge is -2.40. The lowest BCUT2D eigenvalue weighted by atomic mass is 9.68. The second-order valence-electron chi connectivity index (χ2n) is 9.51. The highest BCUT2D eigenvalue weighted by Crippen LogP contribution is 2.41. The summed E-state index contributed by atoms with van der Waals surface area (Å²) < 4.78 is 5.61. The van der Waals surface area contributed by atoms with Crippen LogP contribution < -0.4 is 5.32 Å². The summed E-state index contributed by atoms with van der Waals surface area (Å²) in [6.07, 6.45) is 8.35. The highest BCUT2D eigenvalue weighted by molar-refractivity contribution is 6.29. The molecule has 1 saturated heterocycles. The number of likely N-dealkylation sites (tertiary alicyclic amines) is 1. The van der Waals surface area contributed by atoms with E-state index >= 15 is 0 Å². The molecule has 1 saturated carbocycles. The van der Waals surface area contributed by atoms with Crippen LogP contribution in [-0.2, 0) is 16.0 Å². The molecule has 1 N–H and O–H groups in total. The fraction of sp³-hybridized carbons (Fsp3) is 0.538. The van der Waals surface area contributed by atoms with E-state index in [4.69, 9.17) is 16.3 Å². The van der Waals surface area contributed by atoms with Crippen molar-refractivity contribution in [2.24, 2.45) is 5.41 Å². The average Bonchev–Trinajstić information content (AvgIpc) is 2.81. The van der Waals surface area contributed by atoms with Gasteiger partial charge in [0.25, 0.3) is 0 Å². The maximum Gasteiger partial charge on any atom is 0.226 e. The van der Waals surface area contributed by atoms with Crippen LogP contribution >= 0.6 is 11.6 Å². The summed E-state index contributed by atoms with van der Waals surface area (Å²) in [6.45, 7) is 2.08. The third-order valence-electron chi connectivity index (χ3n) is 7.29. The van der Waals surface area contributed by atoms with Crippen LogP contribution in [0.15, 0.2) is 42.6 Å². The zero-order valence-electron chi connectivity index (χ0n) is 19.1. The van der Waals surface area contributed by atoms with Crippen LogP contribution in [0.1, 0.15) is 44.1 Å². The Hall–Kier alpha value is -1.95. The Bertz CT molecular complexity index is 919. The molecular weight excluding hydrogens is 422 g/mol. The largest absolute Gasteiger partial charge is 0.381 e. The standard InChI is InChI=1S/C26H34ClN3O2/c1-30-14-9-22(10-15-30)29-25(31)26(11-6-23(32-2)7-12-26)18-19-4-3-5-20(16-19)21-8-13-28-24(27)17-21/h3-5,8,13,16-17,22-23H,6-7,9-12,14-15,18H2,1-2H3,(H,29,31). The van der Waals surface area contributed by atoms with Gasteiger partial charge in [-0.3, -0.25) is 4.79 Å². The summed E-state index contributed by atoms with van der Waals surface area (Å²) in [7, 11) is 3.92. The van der Waals surface area contributed by atoms with E-state index < -0.39 is 0 Å². The van der Waals surface area contributed by atoms with Gasteiger partial charge in [-0.25, -0.2) is 4.98 Å². The molecule has 0 radical (unpaired) electrons. The van der Waals surface area contributed by atoms with Crippen molar-refractivity contribution in [2.75, 3.05) is 27.2 Å². The Balaban J connectivity index is 1.54. The molecule has 1 aliphatic heterocycles. The van der Waals surface area contributed by atoms with Gasteiger partial charge in [0.05, 0.1) is 11.5 Å². The van der Waals surface area contributed by atoms with E-state index in [1.807, 2.05) is 12.1 Å². The predicted molar refractivity (Wildman–Crippen MR) is 129 cm³/mol. The molecule has 172 valence electrons. The highest BCUT2D eigenvalue weighted by Gasteiger charge is 2.42. The van der Waals surface area contributed by atoms with Gasteiger partial charge in [0.15, 0.2) is 0 Å². The zero-order valence-corrected chi connectivity index (χ0v) is 19.9. The quantitative estimate of drug-likeness (QED) is 0.640. The number of ether oxygens (including phenoxy) is 1. The second-order valence-corrected chi connectivity index (χ2v) is 9.90. The Labute approximate surface area is 196 Å². The number of nitrogens with zero attached hydrogens (tertiary/aromatic N) is 2. The second kappa shape index (κ2) is 10.3. The molecule has 0 atom stereocenters. The molecule has 0 bridgehead atoms. The van der Waals surface area contributed by atoms with Crippen LogP contribution in [0.25, 0.3) is 11.1 Å². The minimum Gasteiger partial charge on any atom is -0.381 e. The number of amides is 1. The molecule has 1 aromatic carbocycles. The van der Waals surface area contributed by atoms with Crippen molar-refractivity contribution in [3.8, 4) is 11.1 Å². The summed E-state index contributed by atoms with van der Waals surface area (Å²) in [5.74, 6) is 0.221. The van der Waals surface area contributed by atoms with Crippen LogP contribution in [-0.4, -0.2) is 55.2 Å². The molecular formula is C26H34ClN3O2. The van der Waals surface area contributed by atoms with Gasteiger partial charge in [0.2, 0.25) is 5.91 Å². The lowest BCUT2D eigenvalue weighted by Crippen LogP contribution is -2.51. The van der Waals surface area contributed by atoms with Gasteiger partial charge in [-0.05, 0) is 93.9 Å². The normalized spacial score (nSPS) is 24.9. The summed E-state index contributed by atoms with van der Waals surface area (Å²) in [5, 5.41) is 3.91. The van der Waals surface area contributed by atoms with E-state index in [0.29, 0.717) is 5.15 Å². The van der Waals surface area contributed by atoms with Crippen LogP contribution in [0.3, 0.4) is 0 Å². The van der Waals surface area contributed by atoms with Crippen molar-refractivity contribution in [3.63, 3.8) is 0 Å². The number of hydrogen-bond donors (Lipinski definition) is 1. The molecule has 2 aromatic rings. The topological polar surface area (TPSA) is 54.5 Å². The molecule has 2 aliphatic rings. The Kier molecular flexibility index (Phi) is 7.49. The Morgan fingerprint density at radius 1 is 1.16 bits per heavy atom. The number of pyridine rings is 1. The number of methoxy groups -OCH3 is 1. The number of hydrogen-bond acceptors (Lipinski definition) is 4. The van der Waals surface area contributed by atoms with Crippen LogP contribution in [0.5, 0.6) is 0 Å². The molecule has 1 amide bonds. The number of halogens is 1. The SMILES string of the molecule is COC1CCC(Cc2cccc(-c3ccnc(Cl)c3)c2)(C(=O)NC2CCN(C)CC2)CC1.